The van der Waals surface area contributed by atoms with Gasteiger partial charge in [-0.3, -0.25) is 9.48 Å². The zero-order chi connectivity index (χ0) is 13.9. The molecule has 0 aliphatic carbocycles. The molecule has 0 saturated heterocycles. The van der Waals surface area contributed by atoms with Crippen LogP contribution < -0.4 is 5.32 Å². The van der Waals surface area contributed by atoms with Crippen LogP contribution in [0.4, 0.5) is 0 Å². The van der Waals surface area contributed by atoms with Gasteiger partial charge in [0.2, 0.25) is 0 Å². The standard InChI is InChI=1S/C12H19N3O3/c1-7(2)5-9(12(17)18)13-11(16)10-6-8(3)14-15(10)4/h6-7,9H,5H2,1-4H3,(H,13,16)(H,17,18). The van der Waals surface area contributed by atoms with E-state index in [0.29, 0.717) is 12.1 Å². The molecule has 1 rings (SSSR count). The molecule has 0 spiro atoms. The molecule has 1 heterocycles. The summed E-state index contributed by atoms with van der Waals surface area (Å²) in [7, 11) is 1.65. The molecule has 0 aliphatic rings. The second-order valence-corrected chi connectivity index (χ2v) is 4.79. The quantitative estimate of drug-likeness (QED) is 0.818. The lowest BCUT2D eigenvalue weighted by atomic mass is 10.0. The first-order valence-corrected chi connectivity index (χ1v) is 5.85. The predicted octanol–water partition coefficient (Wildman–Crippen LogP) is 0.958. The second kappa shape index (κ2) is 5.66. The molecule has 1 atom stereocenters. The summed E-state index contributed by atoms with van der Waals surface area (Å²) < 4.78 is 1.44. The molecule has 0 bridgehead atoms. The van der Waals surface area contributed by atoms with E-state index in [4.69, 9.17) is 5.11 Å². The van der Waals surface area contributed by atoms with E-state index in [0.717, 1.165) is 5.69 Å². The molecule has 0 saturated carbocycles. The summed E-state index contributed by atoms with van der Waals surface area (Å²) in [4.78, 5) is 23.0. The van der Waals surface area contributed by atoms with Gasteiger partial charge in [-0.05, 0) is 25.3 Å². The van der Waals surface area contributed by atoms with Crippen molar-refractivity contribution in [3.05, 3.63) is 17.5 Å². The Hall–Kier alpha value is -1.85. The first kappa shape index (κ1) is 14.2. The molecule has 1 amide bonds. The van der Waals surface area contributed by atoms with Gasteiger partial charge in [-0.25, -0.2) is 4.79 Å². The Kier molecular flexibility index (Phi) is 4.47. The molecule has 0 aromatic carbocycles. The Morgan fingerprint density at radius 2 is 2.11 bits per heavy atom. The number of hydrogen-bond donors (Lipinski definition) is 2. The Bertz CT molecular complexity index is 451. The Balaban J connectivity index is 2.78. The highest BCUT2D eigenvalue weighted by molar-refractivity contribution is 5.95. The molecule has 1 aromatic rings. The fourth-order valence-electron chi connectivity index (χ4n) is 1.75. The molecule has 1 aromatic heterocycles. The number of aliphatic carboxylic acids is 1. The first-order valence-electron chi connectivity index (χ1n) is 5.85. The van der Waals surface area contributed by atoms with Crippen LogP contribution in [0.15, 0.2) is 6.07 Å². The van der Waals surface area contributed by atoms with E-state index < -0.39 is 17.9 Å². The maximum Gasteiger partial charge on any atom is 0.326 e. The van der Waals surface area contributed by atoms with Crippen LogP contribution in [-0.2, 0) is 11.8 Å². The molecule has 18 heavy (non-hydrogen) atoms. The maximum atomic E-state index is 11.9. The summed E-state index contributed by atoms with van der Waals surface area (Å²) in [5.74, 6) is -1.23. The summed E-state index contributed by atoms with van der Waals surface area (Å²) in [5, 5.41) is 15.6. The van der Waals surface area contributed by atoms with Gasteiger partial charge in [0.25, 0.3) is 5.91 Å². The van der Waals surface area contributed by atoms with Gasteiger partial charge in [0.05, 0.1) is 5.69 Å². The average molecular weight is 253 g/mol. The third-order valence-electron chi connectivity index (χ3n) is 2.55. The van der Waals surface area contributed by atoms with Gasteiger partial charge in [-0.2, -0.15) is 5.10 Å². The molecule has 0 radical (unpaired) electrons. The van der Waals surface area contributed by atoms with Crippen molar-refractivity contribution in [3.8, 4) is 0 Å². The van der Waals surface area contributed by atoms with Crippen LogP contribution in [0.25, 0.3) is 0 Å². The third kappa shape index (κ3) is 3.58. The van der Waals surface area contributed by atoms with Crippen molar-refractivity contribution in [2.45, 2.75) is 33.2 Å². The van der Waals surface area contributed by atoms with E-state index in [1.165, 1.54) is 4.68 Å². The van der Waals surface area contributed by atoms with Crippen molar-refractivity contribution in [3.63, 3.8) is 0 Å². The van der Waals surface area contributed by atoms with Gasteiger partial charge < -0.3 is 10.4 Å². The second-order valence-electron chi connectivity index (χ2n) is 4.79. The Morgan fingerprint density at radius 3 is 2.50 bits per heavy atom. The fraction of sp³-hybridized carbons (Fsp3) is 0.583. The zero-order valence-corrected chi connectivity index (χ0v) is 11.1. The molecular formula is C12H19N3O3. The van der Waals surface area contributed by atoms with E-state index in [2.05, 4.69) is 10.4 Å². The summed E-state index contributed by atoms with van der Waals surface area (Å²) in [5.41, 5.74) is 1.08. The number of aryl methyl sites for hydroxylation is 2. The molecular weight excluding hydrogens is 234 g/mol. The van der Waals surface area contributed by atoms with Gasteiger partial charge >= 0.3 is 5.97 Å². The van der Waals surface area contributed by atoms with Crippen LogP contribution in [-0.4, -0.2) is 32.8 Å². The van der Waals surface area contributed by atoms with Gasteiger partial charge in [0.15, 0.2) is 0 Å². The molecule has 100 valence electrons. The van der Waals surface area contributed by atoms with Gasteiger partial charge in [0, 0.05) is 7.05 Å². The Labute approximate surface area is 106 Å². The number of hydrogen-bond acceptors (Lipinski definition) is 3. The van der Waals surface area contributed by atoms with Crippen molar-refractivity contribution in [1.82, 2.24) is 15.1 Å². The number of carboxylic acids is 1. The summed E-state index contributed by atoms with van der Waals surface area (Å²) in [6.45, 7) is 5.60. The molecule has 0 aliphatic heterocycles. The number of nitrogens with zero attached hydrogens (tertiary/aromatic N) is 2. The van der Waals surface area contributed by atoms with Crippen LogP contribution in [0.2, 0.25) is 0 Å². The molecule has 1 unspecified atom stereocenters. The lowest BCUT2D eigenvalue weighted by molar-refractivity contribution is -0.139. The number of aromatic nitrogens is 2. The highest BCUT2D eigenvalue weighted by Crippen LogP contribution is 2.07. The Morgan fingerprint density at radius 1 is 1.50 bits per heavy atom. The smallest absolute Gasteiger partial charge is 0.326 e. The monoisotopic (exact) mass is 253 g/mol. The predicted molar refractivity (Wildman–Crippen MR) is 66.3 cm³/mol. The minimum absolute atomic E-state index is 0.194. The molecule has 6 nitrogen and oxygen atoms in total. The molecule has 0 fully saturated rings. The van der Waals surface area contributed by atoms with E-state index in [9.17, 15) is 9.59 Å². The number of carbonyl (C=O) groups is 2. The minimum atomic E-state index is -1.02. The van der Waals surface area contributed by atoms with Crippen molar-refractivity contribution < 1.29 is 14.7 Å². The topological polar surface area (TPSA) is 84.2 Å². The van der Waals surface area contributed by atoms with Gasteiger partial charge in [0.1, 0.15) is 11.7 Å². The van der Waals surface area contributed by atoms with E-state index >= 15 is 0 Å². The SMILES string of the molecule is Cc1cc(C(=O)NC(CC(C)C)C(=O)O)n(C)n1. The molecule has 6 heteroatoms. The van der Waals surface area contributed by atoms with Crippen LogP contribution in [0.1, 0.15) is 36.5 Å². The first-order chi connectivity index (χ1) is 8.31. The highest BCUT2D eigenvalue weighted by atomic mass is 16.4. The summed E-state index contributed by atoms with van der Waals surface area (Å²) >= 11 is 0. The number of amides is 1. The maximum absolute atomic E-state index is 11.9. The summed E-state index contributed by atoms with van der Waals surface area (Å²) in [6.07, 6.45) is 0.401. The van der Waals surface area contributed by atoms with E-state index in [-0.39, 0.29) is 5.92 Å². The largest absolute Gasteiger partial charge is 0.480 e. The van der Waals surface area contributed by atoms with Crippen LogP contribution in [0, 0.1) is 12.8 Å². The lowest BCUT2D eigenvalue weighted by Gasteiger charge is -2.16. The van der Waals surface area contributed by atoms with Gasteiger partial charge in [-0.1, -0.05) is 13.8 Å². The fourth-order valence-corrected chi connectivity index (χ4v) is 1.75. The lowest BCUT2D eigenvalue weighted by Crippen LogP contribution is -2.42. The van der Waals surface area contributed by atoms with Crippen molar-refractivity contribution >= 4 is 11.9 Å². The van der Waals surface area contributed by atoms with E-state index in [1.807, 2.05) is 13.8 Å². The average Bonchev–Trinajstić information content (AvgIpc) is 2.56. The number of nitrogens with one attached hydrogen (secondary N) is 1. The minimum Gasteiger partial charge on any atom is -0.480 e. The van der Waals surface area contributed by atoms with Crippen molar-refractivity contribution in [2.75, 3.05) is 0 Å². The number of carboxylic acid groups (broad SMARTS) is 1. The molecule has 2 N–H and O–H groups in total. The van der Waals surface area contributed by atoms with Crippen LogP contribution in [0.5, 0.6) is 0 Å². The number of carbonyl (C=O) groups excluding carboxylic acids is 1. The highest BCUT2D eigenvalue weighted by Gasteiger charge is 2.23. The number of rotatable bonds is 5. The normalized spacial score (nSPS) is 12.5. The van der Waals surface area contributed by atoms with E-state index in [1.54, 1.807) is 20.0 Å². The summed E-state index contributed by atoms with van der Waals surface area (Å²) in [6, 6.07) is 0.761. The third-order valence-corrected chi connectivity index (χ3v) is 2.55. The van der Waals surface area contributed by atoms with Crippen molar-refractivity contribution in [2.24, 2.45) is 13.0 Å². The van der Waals surface area contributed by atoms with Crippen LogP contribution >= 0.6 is 0 Å². The van der Waals surface area contributed by atoms with Gasteiger partial charge in [-0.15, -0.1) is 0 Å². The van der Waals surface area contributed by atoms with Crippen LogP contribution in [0.3, 0.4) is 0 Å². The van der Waals surface area contributed by atoms with Crippen molar-refractivity contribution in [1.29, 1.82) is 0 Å². The zero-order valence-electron chi connectivity index (χ0n) is 11.1.